The van der Waals surface area contributed by atoms with Gasteiger partial charge < -0.3 is 11.7 Å². The van der Waals surface area contributed by atoms with Crippen LogP contribution in [-0.2, 0) is 29.7 Å². The first-order valence-electron chi connectivity index (χ1n) is 14.6. The molecule has 2 aliphatic carbocycles. The zero-order valence-electron chi connectivity index (χ0n) is 25.7. The highest BCUT2D eigenvalue weighted by atomic mass is 32.2. The lowest BCUT2D eigenvalue weighted by atomic mass is 9.75. The third-order valence-electron chi connectivity index (χ3n) is 9.44. The van der Waals surface area contributed by atoms with E-state index in [2.05, 4.69) is 10.2 Å². The van der Waals surface area contributed by atoms with Crippen molar-refractivity contribution in [3.63, 3.8) is 0 Å². The van der Waals surface area contributed by atoms with Crippen LogP contribution in [0.1, 0.15) is 66.9 Å². The number of nitrogens with two attached hydrogens (primary N) is 2. The second kappa shape index (κ2) is 11.3. The fourth-order valence-electron chi connectivity index (χ4n) is 7.12. The van der Waals surface area contributed by atoms with Crippen molar-refractivity contribution in [2.75, 3.05) is 0 Å². The highest BCUT2D eigenvalue weighted by molar-refractivity contribution is 7.87. The van der Waals surface area contributed by atoms with E-state index in [-0.39, 0.29) is 44.8 Å². The monoisotopic (exact) mass is 686 g/mol. The fourth-order valence-corrected chi connectivity index (χ4v) is 9.52. The summed E-state index contributed by atoms with van der Waals surface area (Å²) in [4.78, 5) is 26.0. The van der Waals surface area contributed by atoms with Crippen LogP contribution in [0, 0.1) is 13.8 Å². The van der Waals surface area contributed by atoms with Crippen LogP contribution in [0.2, 0.25) is 0 Å². The molecule has 0 fully saturated rings. The third kappa shape index (κ3) is 4.63. The Morgan fingerprint density at radius 1 is 0.583 bits per heavy atom. The van der Waals surface area contributed by atoms with Gasteiger partial charge in [-0.2, -0.15) is 27.0 Å². The summed E-state index contributed by atoms with van der Waals surface area (Å²) in [5.41, 5.74) is 2.77. The number of aryl methyl sites for hydroxylation is 2. The summed E-state index contributed by atoms with van der Waals surface area (Å²) >= 11 is 0. The first-order chi connectivity index (χ1) is 22.6. The highest BCUT2D eigenvalue weighted by Gasteiger charge is 2.54. The molecule has 0 saturated carbocycles. The SMILES string of the molecule is Cc1cc(C2(S(=O)(=O)O)C/C(=N/N)C(=O)c3ccccc32)ccc1-c1ccc(C2(S(=O)(=O)O)C/C(=N\N)C(=O)c3ccccc32)cc1C. The summed E-state index contributed by atoms with van der Waals surface area (Å²) in [7, 11) is -9.82. The number of fused-ring (bicyclic) bond motifs is 2. The van der Waals surface area contributed by atoms with Crippen LogP contribution in [0.3, 0.4) is 0 Å². The summed E-state index contributed by atoms with van der Waals surface area (Å²) < 4.78 is 70.3. The zero-order valence-corrected chi connectivity index (χ0v) is 27.3. The van der Waals surface area contributed by atoms with Gasteiger partial charge >= 0.3 is 0 Å². The second-order valence-corrected chi connectivity index (χ2v) is 15.2. The van der Waals surface area contributed by atoms with Gasteiger partial charge in [-0.1, -0.05) is 84.9 Å². The predicted octanol–water partition coefficient (Wildman–Crippen LogP) is 4.04. The smallest absolute Gasteiger partial charge is 0.279 e. The number of benzene rings is 4. The molecule has 0 saturated heterocycles. The maximum atomic E-state index is 13.3. The lowest BCUT2D eigenvalue weighted by molar-refractivity contribution is 0.105. The first kappa shape index (κ1) is 32.9. The number of nitrogens with zero attached hydrogens (tertiary/aromatic N) is 2. The van der Waals surface area contributed by atoms with E-state index in [1.54, 1.807) is 62.4 Å². The molecule has 0 aliphatic heterocycles. The molecule has 12 nitrogen and oxygen atoms in total. The van der Waals surface area contributed by atoms with Crippen molar-refractivity contribution in [1.82, 2.24) is 0 Å². The number of carbonyl (C=O) groups excluding carboxylic acids is 2. The van der Waals surface area contributed by atoms with Crippen LogP contribution < -0.4 is 11.7 Å². The lowest BCUT2D eigenvalue weighted by Crippen LogP contribution is -2.45. The van der Waals surface area contributed by atoms with Crippen LogP contribution in [0.15, 0.2) is 95.1 Å². The highest BCUT2D eigenvalue weighted by Crippen LogP contribution is 2.48. The Hall–Kier alpha value is -5.02. The molecule has 2 unspecified atom stereocenters. The van der Waals surface area contributed by atoms with Gasteiger partial charge in [0.15, 0.2) is 9.49 Å². The number of ketones is 2. The molecule has 246 valence electrons. The van der Waals surface area contributed by atoms with Gasteiger partial charge in [0, 0.05) is 24.0 Å². The Kier molecular flexibility index (Phi) is 7.75. The van der Waals surface area contributed by atoms with Crippen molar-refractivity contribution < 1.29 is 35.5 Å². The van der Waals surface area contributed by atoms with Gasteiger partial charge in [0.25, 0.3) is 20.2 Å². The van der Waals surface area contributed by atoms with Gasteiger partial charge in [-0.15, -0.1) is 0 Å². The van der Waals surface area contributed by atoms with Crippen LogP contribution in [0.4, 0.5) is 0 Å². The van der Waals surface area contributed by atoms with Crippen molar-refractivity contribution >= 4 is 43.2 Å². The minimum absolute atomic E-state index is 0.0559. The van der Waals surface area contributed by atoms with Crippen molar-refractivity contribution in [3.8, 4) is 11.1 Å². The first-order valence-corrected chi connectivity index (χ1v) is 17.5. The van der Waals surface area contributed by atoms with E-state index in [0.29, 0.717) is 22.3 Å². The average molecular weight is 687 g/mol. The Balaban J connectivity index is 1.51. The quantitative estimate of drug-likeness (QED) is 0.134. The molecule has 0 aromatic heterocycles. The van der Waals surface area contributed by atoms with Crippen LogP contribution in [0.25, 0.3) is 11.1 Å². The van der Waals surface area contributed by atoms with Gasteiger partial charge in [0.1, 0.15) is 11.4 Å². The van der Waals surface area contributed by atoms with Crippen molar-refractivity contribution in [2.45, 2.75) is 36.2 Å². The molecule has 0 radical (unpaired) electrons. The summed E-state index contributed by atoms with van der Waals surface area (Å²) in [5, 5.41) is 7.11. The molecule has 6 rings (SSSR count). The molecule has 48 heavy (non-hydrogen) atoms. The van der Waals surface area contributed by atoms with E-state index >= 15 is 0 Å². The Bertz CT molecular complexity index is 2190. The van der Waals surface area contributed by atoms with E-state index in [1.165, 1.54) is 36.4 Å². The molecular weight excluding hydrogens is 657 g/mol. The zero-order chi connectivity index (χ0) is 34.8. The van der Waals surface area contributed by atoms with Crippen molar-refractivity contribution in [3.05, 3.63) is 129 Å². The molecule has 14 heteroatoms. The Labute approximate surface area is 276 Å². The Morgan fingerprint density at radius 2 is 0.938 bits per heavy atom. The lowest BCUT2D eigenvalue weighted by Gasteiger charge is -2.37. The van der Waals surface area contributed by atoms with Gasteiger partial charge in [0.05, 0.1) is 0 Å². The van der Waals surface area contributed by atoms with E-state index in [9.17, 15) is 35.5 Å². The molecule has 0 amide bonds. The number of rotatable bonds is 5. The van der Waals surface area contributed by atoms with Gasteiger partial charge in [-0.3, -0.25) is 18.7 Å². The molecule has 6 N–H and O–H groups in total. The number of hydrogen-bond acceptors (Lipinski definition) is 10. The molecule has 4 aromatic rings. The molecule has 2 atom stereocenters. The molecule has 0 spiro atoms. The van der Waals surface area contributed by atoms with Gasteiger partial charge in [0.2, 0.25) is 11.6 Å². The molecule has 0 heterocycles. The van der Waals surface area contributed by atoms with Crippen LogP contribution >= 0.6 is 0 Å². The standard InChI is InChI=1S/C34H30N4O8S2/c1-19-15-21(33(47(41,42)43)17-29(37-35)31(39)25-7-3-5-9-27(25)33)11-13-23(19)24-14-12-22(16-20(24)2)34(48(44,45)46)18-30(38-36)32(40)26-8-4-6-10-28(26)34/h3-16H,17-18,35-36H2,1-2H3,(H,41,42,43)(H,44,45,46)/b37-29-,38-30+. The van der Waals surface area contributed by atoms with E-state index in [4.69, 9.17) is 11.7 Å². The van der Waals surface area contributed by atoms with E-state index < -0.39 is 54.1 Å². The summed E-state index contributed by atoms with van der Waals surface area (Å²) in [6, 6.07) is 21.8. The topological polar surface area (TPSA) is 220 Å². The minimum Gasteiger partial charge on any atom is -0.323 e. The second-order valence-electron chi connectivity index (χ2n) is 11.9. The number of hydrogen-bond donors (Lipinski definition) is 4. The van der Waals surface area contributed by atoms with Crippen molar-refractivity contribution in [1.29, 1.82) is 0 Å². The molecule has 0 bridgehead atoms. The minimum atomic E-state index is -4.91. The Morgan fingerprint density at radius 3 is 1.25 bits per heavy atom. The maximum absolute atomic E-state index is 13.3. The summed E-state index contributed by atoms with van der Waals surface area (Å²) in [6.07, 6.45) is -0.971. The largest absolute Gasteiger partial charge is 0.323 e. The van der Waals surface area contributed by atoms with E-state index in [0.717, 1.165) is 0 Å². The van der Waals surface area contributed by atoms with E-state index in [1.807, 2.05) is 0 Å². The van der Waals surface area contributed by atoms with Crippen LogP contribution in [-0.4, -0.2) is 48.9 Å². The fraction of sp³-hybridized carbons (Fsp3) is 0.176. The normalized spacial score (nSPS) is 22.8. The molecule has 2 aliphatic rings. The average Bonchev–Trinajstić information content (AvgIpc) is 3.04. The maximum Gasteiger partial charge on any atom is 0.279 e. The number of Topliss-reactive ketones (excluding diaryl/α,β-unsaturated/α-hetero) is 2. The van der Waals surface area contributed by atoms with Gasteiger partial charge in [-0.25, -0.2) is 0 Å². The van der Waals surface area contributed by atoms with Crippen LogP contribution in [0.5, 0.6) is 0 Å². The predicted molar refractivity (Wildman–Crippen MR) is 180 cm³/mol. The molecular formula is C34H30N4O8S2. The molecule has 4 aromatic carbocycles. The summed E-state index contributed by atoms with van der Waals surface area (Å²) in [5.74, 6) is 9.93. The van der Waals surface area contributed by atoms with Gasteiger partial charge in [-0.05, 0) is 58.4 Å². The number of hydrazone groups is 2. The van der Waals surface area contributed by atoms with Crippen molar-refractivity contribution in [2.24, 2.45) is 21.9 Å². The third-order valence-corrected chi connectivity index (χ3v) is 12.4. The summed E-state index contributed by atoms with van der Waals surface area (Å²) in [6.45, 7) is 3.49. The number of carbonyl (C=O) groups is 2.